The molecule has 0 aromatic heterocycles. The molecular formula is C18H21N. The van der Waals surface area contributed by atoms with E-state index in [-0.39, 0.29) is 5.54 Å². The van der Waals surface area contributed by atoms with Crippen LogP contribution in [0.3, 0.4) is 0 Å². The molecule has 0 bridgehead atoms. The van der Waals surface area contributed by atoms with E-state index in [4.69, 9.17) is 0 Å². The molecule has 1 heteroatoms. The molecule has 0 unspecified atom stereocenters. The molecule has 0 saturated carbocycles. The van der Waals surface area contributed by atoms with E-state index >= 15 is 0 Å². The number of hydrogen-bond donors (Lipinski definition) is 1. The normalized spacial score (nSPS) is 11.1. The van der Waals surface area contributed by atoms with E-state index in [2.05, 4.69) is 79.5 Å². The topological polar surface area (TPSA) is 12.0 Å². The Kier molecular flexibility index (Phi) is 4.06. The third-order valence-corrected chi connectivity index (χ3v) is 3.49. The van der Waals surface area contributed by atoms with Crippen LogP contribution >= 0.6 is 0 Å². The molecule has 2 aromatic carbocycles. The number of benzene rings is 2. The lowest BCUT2D eigenvalue weighted by molar-refractivity contribution is 0.428. The Labute approximate surface area is 116 Å². The van der Waals surface area contributed by atoms with Crippen molar-refractivity contribution in [3.8, 4) is 0 Å². The van der Waals surface area contributed by atoms with Crippen molar-refractivity contribution in [1.29, 1.82) is 0 Å². The average molecular weight is 251 g/mol. The minimum atomic E-state index is -0.200. The van der Waals surface area contributed by atoms with Crippen molar-refractivity contribution in [1.82, 2.24) is 5.32 Å². The van der Waals surface area contributed by atoms with Gasteiger partial charge in [-0.05, 0) is 24.5 Å². The van der Waals surface area contributed by atoms with Gasteiger partial charge in [0.05, 0.1) is 5.54 Å². The standard InChI is InChI=1S/C18H21N/c1-4-18(19-15(2)3,16-11-7-5-8-12-16)17-13-9-6-10-14-17/h5-14,19H,2,4H2,1,3H3. The first kappa shape index (κ1) is 13.4. The SMILES string of the molecule is C=C(C)NC(CC)(c1ccccc1)c1ccccc1. The molecule has 0 atom stereocenters. The molecule has 19 heavy (non-hydrogen) atoms. The van der Waals surface area contributed by atoms with Crippen LogP contribution in [0.1, 0.15) is 31.4 Å². The number of hydrogen-bond acceptors (Lipinski definition) is 1. The lowest BCUT2D eigenvalue weighted by Gasteiger charge is -2.36. The lowest BCUT2D eigenvalue weighted by atomic mass is 9.80. The highest BCUT2D eigenvalue weighted by Crippen LogP contribution is 2.33. The van der Waals surface area contributed by atoms with Gasteiger partial charge in [0.2, 0.25) is 0 Å². The van der Waals surface area contributed by atoms with Gasteiger partial charge in [-0.2, -0.15) is 0 Å². The van der Waals surface area contributed by atoms with Crippen molar-refractivity contribution in [3.63, 3.8) is 0 Å². The molecule has 0 radical (unpaired) electrons. The van der Waals surface area contributed by atoms with E-state index in [1.807, 2.05) is 6.92 Å². The molecule has 98 valence electrons. The maximum atomic E-state index is 4.03. The fourth-order valence-electron chi connectivity index (χ4n) is 2.62. The molecule has 0 aliphatic carbocycles. The molecule has 2 aromatic rings. The minimum Gasteiger partial charge on any atom is -0.376 e. The number of allylic oxidation sites excluding steroid dienone is 1. The predicted molar refractivity (Wildman–Crippen MR) is 81.9 cm³/mol. The summed E-state index contributed by atoms with van der Waals surface area (Å²) in [6, 6.07) is 21.1. The van der Waals surface area contributed by atoms with Gasteiger partial charge in [0.25, 0.3) is 0 Å². The third kappa shape index (κ3) is 2.70. The zero-order valence-electron chi connectivity index (χ0n) is 11.7. The zero-order chi connectivity index (χ0) is 13.7. The molecular weight excluding hydrogens is 230 g/mol. The van der Waals surface area contributed by atoms with Crippen molar-refractivity contribution >= 4 is 0 Å². The molecule has 2 rings (SSSR count). The van der Waals surface area contributed by atoms with Crippen LogP contribution in [0, 0.1) is 0 Å². The van der Waals surface area contributed by atoms with Crippen LogP contribution in [-0.2, 0) is 5.54 Å². The number of nitrogens with one attached hydrogen (secondary N) is 1. The Morgan fingerprint density at radius 3 is 1.68 bits per heavy atom. The van der Waals surface area contributed by atoms with Crippen LogP contribution in [0.15, 0.2) is 72.9 Å². The Morgan fingerprint density at radius 2 is 1.37 bits per heavy atom. The second kappa shape index (κ2) is 5.75. The quantitative estimate of drug-likeness (QED) is 0.827. The second-order valence-corrected chi connectivity index (χ2v) is 4.90. The molecule has 0 amide bonds. The van der Waals surface area contributed by atoms with Crippen LogP contribution in [-0.4, -0.2) is 0 Å². The highest BCUT2D eigenvalue weighted by molar-refractivity contribution is 5.39. The fraction of sp³-hybridized carbons (Fsp3) is 0.222. The van der Waals surface area contributed by atoms with Gasteiger partial charge in [0.15, 0.2) is 0 Å². The summed E-state index contributed by atoms with van der Waals surface area (Å²) in [5.41, 5.74) is 3.32. The van der Waals surface area contributed by atoms with Gasteiger partial charge >= 0.3 is 0 Å². The van der Waals surface area contributed by atoms with Gasteiger partial charge < -0.3 is 5.32 Å². The van der Waals surface area contributed by atoms with Crippen LogP contribution in [0.25, 0.3) is 0 Å². The van der Waals surface area contributed by atoms with Gasteiger partial charge in [-0.1, -0.05) is 74.2 Å². The second-order valence-electron chi connectivity index (χ2n) is 4.90. The summed E-state index contributed by atoms with van der Waals surface area (Å²) < 4.78 is 0. The van der Waals surface area contributed by atoms with E-state index in [0.29, 0.717) is 0 Å². The molecule has 1 N–H and O–H groups in total. The fourth-order valence-corrected chi connectivity index (χ4v) is 2.62. The first-order chi connectivity index (χ1) is 9.19. The minimum absolute atomic E-state index is 0.200. The molecule has 1 nitrogen and oxygen atoms in total. The van der Waals surface area contributed by atoms with Gasteiger partial charge in [0.1, 0.15) is 0 Å². The highest BCUT2D eigenvalue weighted by Gasteiger charge is 2.31. The van der Waals surface area contributed by atoms with Crippen molar-refractivity contribution < 1.29 is 0 Å². The number of rotatable bonds is 5. The van der Waals surface area contributed by atoms with Gasteiger partial charge in [0, 0.05) is 5.70 Å². The summed E-state index contributed by atoms with van der Waals surface area (Å²) in [6.07, 6.45) is 0.966. The molecule has 0 saturated heterocycles. The summed E-state index contributed by atoms with van der Waals surface area (Å²) >= 11 is 0. The van der Waals surface area contributed by atoms with Gasteiger partial charge in [-0.15, -0.1) is 0 Å². The maximum absolute atomic E-state index is 4.03. The molecule has 0 aliphatic rings. The maximum Gasteiger partial charge on any atom is 0.0873 e. The summed E-state index contributed by atoms with van der Waals surface area (Å²) in [5, 5.41) is 3.58. The third-order valence-electron chi connectivity index (χ3n) is 3.49. The van der Waals surface area contributed by atoms with E-state index in [9.17, 15) is 0 Å². The monoisotopic (exact) mass is 251 g/mol. The summed E-state index contributed by atoms with van der Waals surface area (Å²) in [7, 11) is 0. The lowest BCUT2D eigenvalue weighted by Crippen LogP contribution is -2.41. The van der Waals surface area contributed by atoms with Gasteiger partial charge in [-0.3, -0.25) is 0 Å². The Morgan fingerprint density at radius 1 is 0.947 bits per heavy atom. The van der Waals surface area contributed by atoms with E-state index in [0.717, 1.165) is 12.1 Å². The summed E-state index contributed by atoms with van der Waals surface area (Å²) in [6.45, 7) is 8.24. The van der Waals surface area contributed by atoms with E-state index < -0.39 is 0 Å². The van der Waals surface area contributed by atoms with E-state index in [1.54, 1.807) is 0 Å². The molecule has 0 heterocycles. The Hall–Kier alpha value is -2.02. The van der Waals surface area contributed by atoms with Crippen LogP contribution in [0.2, 0.25) is 0 Å². The van der Waals surface area contributed by atoms with Crippen molar-refractivity contribution in [2.45, 2.75) is 25.8 Å². The van der Waals surface area contributed by atoms with Crippen molar-refractivity contribution in [2.24, 2.45) is 0 Å². The first-order valence-corrected chi connectivity index (χ1v) is 6.74. The molecule has 0 spiro atoms. The largest absolute Gasteiger partial charge is 0.376 e. The highest BCUT2D eigenvalue weighted by atomic mass is 15.0. The molecule has 0 aliphatic heterocycles. The average Bonchev–Trinajstić information content (AvgIpc) is 2.46. The van der Waals surface area contributed by atoms with E-state index in [1.165, 1.54) is 11.1 Å². The molecule has 0 fully saturated rings. The Bertz CT molecular complexity index is 489. The summed E-state index contributed by atoms with van der Waals surface area (Å²) in [5.74, 6) is 0. The van der Waals surface area contributed by atoms with Crippen molar-refractivity contribution in [2.75, 3.05) is 0 Å². The summed E-state index contributed by atoms with van der Waals surface area (Å²) in [4.78, 5) is 0. The first-order valence-electron chi connectivity index (χ1n) is 6.74. The van der Waals surface area contributed by atoms with Crippen LogP contribution in [0.4, 0.5) is 0 Å². The Balaban J connectivity index is 2.58. The van der Waals surface area contributed by atoms with Crippen LogP contribution in [0.5, 0.6) is 0 Å². The van der Waals surface area contributed by atoms with Crippen molar-refractivity contribution in [3.05, 3.63) is 84.1 Å². The van der Waals surface area contributed by atoms with Crippen LogP contribution < -0.4 is 5.32 Å². The van der Waals surface area contributed by atoms with Gasteiger partial charge in [-0.25, -0.2) is 0 Å². The predicted octanol–water partition coefficient (Wildman–Crippen LogP) is 4.46. The smallest absolute Gasteiger partial charge is 0.0873 e. The zero-order valence-corrected chi connectivity index (χ0v) is 11.7.